The van der Waals surface area contributed by atoms with Gasteiger partial charge in [-0.05, 0) is 0 Å². The van der Waals surface area contributed by atoms with E-state index in [1.54, 1.807) is 0 Å². The zero-order valence-electron chi connectivity index (χ0n) is 12.2. The predicted molar refractivity (Wildman–Crippen MR) is 76.4 cm³/mol. The number of carbonyl (C=O) groups is 3. The van der Waals surface area contributed by atoms with Gasteiger partial charge in [-0.2, -0.15) is 4.31 Å². The van der Waals surface area contributed by atoms with E-state index in [0.717, 1.165) is 0 Å². The third kappa shape index (κ3) is 24.7. The molecule has 0 atom stereocenters. The fraction of sp³-hybridized carbons (Fsp3) is 0.500. The fourth-order valence-electron chi connectivity index (χ4n) is 0.853. The summed E-state index contributed by atoms with van der Waals surface area (Å²) in [6, 6.07) is 0. The second-order valence-corrected chi connectivity index (χ2v) is 6.16. The maximum absolute atomic E-state index is 10.3. The van der Waals surface area contributed by atoms with E-state index in [0.29, 0.717) is 0 Å². The third-order valence-corrected chi connectivity index (χ3v) is 3.20. The summed E-state index contributed by atoms with van der Waals surface area (Å²) >= 11 is 0. The summed E-state index contributed by atoms with van der Waals surface area (Å²) in [6.45, 7) is 0. The number of carboxylic acids is 3. The van der Waals surface area contributed by atoms with Crippen molar-refractivity contribution in [2.75, 3.05) is 0 Å². The Balaban J connectivity index is -0.0000001000. The smallest absolute Gasteiger partial charge is 0 e. The van der Waals surface area contributed by atoms with Gasteiger partial charge in [-0.25, -0.2) is 13.9 Å². The van der Waals surface area contributed by atoms with E-state index < -0.39 is 52.0 Å². The van der Waals surface area contributed by atoms with Crippen LogP contribution in [-0.4, -0.2) is 93.1 Å². The number of aliphatic hydroxyl groups is 1. The molecule has 0 saturated carbocycles. The normalized spacial score (nSPS) is 10.6. The van der Waals surface area contributed by atoms with Gasteiger partial charge in [0.25, 0.3) is 0 Å². The molecule has 153 valence electrons. The molecule has 0 aromatic rings. The summed E-state index contributed by atoms with van der Waals surface area (Å²) in [7, 11) is -10.1. The van der Waals surface area contributed by atoms with E-state index >= 15 is 0 Å². The molecule has 0 aliphatic rings. The van der Waals surface area contributed by atoms with Crippen LogP contribution in [0.3, 0.4) is 0 Å². The van der Waals surface area contributed by atoms with Crippen LogP contribution in [0.15, 0.2) is 0 Å². The van der Waals surface area contributed by atoms with Gasteiger partial charge in [0.1, 0.15) is 0 Å². The summed E-state index contributed by atoms with van der Waals surface area (Å²) in [5, 5.41) is 33.8. The van der Waals surface area contributed by atoms with Gasteiger partial charge in [0.05, 0.1) is 12.8 Å². The van der Waals surface area contributed by atoms with Crippen molar-refractivity contribution in [3.05, 3.63) is 0 Å². The van der Waals surface area contributed by atoms with Crippen molar-refractivity contribution in [2.45, 2.75) is 18.4 Å². The van der Waals surface area contributed by atoms with Crippen LogP contribution < -0.4 is 0 Å². The topological polar surface area (TPSA) is 256 Å². The molecule has 19 heteroatoms. The van der Waals surface area contributed by atoms with Gasteiger partial charge in [-0.3, -0.25) is 9.59 Å². The molecule has 0 spiro atoms. The largest absolute Gasteiger partial charge is 0 e. The molecule has 0 bridgehead atoms. The first-order chi connectivity index (χ1) is 9.48. The van der Waals surface area contributed by atoms with Gasteiger partial charge in [0.2, 0.25) is 0 Å². The average molecular weight is 511 g/mol. The number of hydrogen-bond donors (Lipinski definition) is 8. The standard InChI is InChI=1S/C6H8O7.2Fe.Na.H4O7P2.6H/c7-3(8)1-6(13,5(11)12)2-4(9)10;;;;1-8(2,3)7-9(4,5)6;;;;;;/h13H,1-2H2,(H,7,8)(H,9,10)(H,11,12);;;;(H2,1,2,3)(H2,4,5,6);;;;;;. The molecule has 14 nitrogen and oxygen atoms in total. The molecule has 0 heterocycles. The molecule has 0 saturated heterocycles. The molecule has 0 amide bonds. The zero-order chi connectivity index (χ0) is 18.4. The molecule has 8 N–H and O–H groups in total. The summed E-state index contributed by atoms with van der Waals surface area (Å²) in [4.78, 5) is 61.5. The van der Waals surface area contributed by atoms with Gasteiger partial charge < -0.3 is 40.0 Å². The molecule has 0 unspecified atom stereocenters. The van der Waals surface area contributed by atoms with Crippen LogP contribution in [0.25, 0.3) is 0 Å². The molecular weight excluding hydrogens is 493 g/mol. The molecule has 0 fully saturated rings. The minimum atomic E-state index is -5.05. The number of hydrogen-bond acceptors (Lipinski definition) is 7. The van der Waals surface area contributed by atoms with Crippen molar-refractivity contribution in [3.63, 3.8) is 0 Å². The van der Waals surface area contributed by atoms with E-state index in [1.165, 1.54) is 0 Å². The van der Waals surface area contributed by atoms with E-state index in [2.05, 4.69) is 4.31 Å². The van der Waals surface area contributed by atoms with E-state index in [9.17, 15) is 23.5 Å². The maximum Gasteiger partial charge on any atom is 0 e. The van der Waals surface area contributed by atoms with Crippen molar-refractivity contribution >= 4 is 63.1 Å². The van der Waals surface area contributed by atoms with Crippen LogP contribution in [0.1, 0.15) is 12.8 Å². The summed E-state index contributed by atoms with van der Waals surface area (Å²) in [5.41, 5.74) is -2.74. The molecule has 0 aromatic heterocycles. The van der Waals surface area contributed by atoms with Crippen LogP contribution in [0.4, 0.5) is 0 Å². The van der Waals surface area contributed by atoms with E-state index in [4.69, 9.17) is 40.0 Å². The van der Waals surface area contributed by atoms with E-state index in [-0.39, 0.29) is 63.7 Å². The van der Waals surface area contributed by atoms with Crippen molar-refractivity contribution < 1.29 is 102 Å². The number of aliphatic carboxylic acids is 3. The van der Waals surface area contributed by atoms with Crippen molar-refractivity contribution in [2.24, 2.45) is 0 Å². The Morgan fingerprint density at radius 2 is 1.04 bits per heavy atom. The quantitative estimate of drug-likeness (QED) is 0.120. The molecule has 1 radical (unpaired) electrons. The summed E-state index contributed by atoms with van der Waals surface area (Å²) in [5.74, 6) is -5.02. The SMILES string of the molecule is O=C(O)CC(O)(CC(=O)O)C(=O)O.O=P(O)(O)OP(=O)(O)O.[FeH3].[FeH3].[Na]. The van der Waals surface area contributed by atoms with Crippen LogP contribution in [0, 0.1) is 0 Å². The monoisotopic (exact) mass is 511 g/mol. The Morgan fingerprint density at radius 1 is 0.800 bits per heavy atom. The minimum absolute atomic E-state index is 0. The summed E-state index contributed by atoms with van der Waals surface area (Å²) in [6.07, 6.45) is -2.29. The Bertz CT molecular complexity index is 491. The Kier molecular flexibility index (Phi) is 21.5. The Morgan fingerprint density at radius 3 is 1.12 bits per heavy atom. The maximum atomic E-state index is 10.3. The van der Waals surface area contributed by atoms with Crippen molar-refractivity contribution in [1.29, 1.82) is 0 Å². The van der Waals surface area contributed by atoms with Crippen molar-refractivity contribution in [1.82, 2.24) is 0 Å². The van der Waals surface area contributed by atoms with Gasteiger partial charge >= 0.3 is 67.7 Å². The van der Waals surface area contributed by atoms with Crippen LogP contribution in [0.2, 0.25) is 0 Å². The first kappa shape index (κ1) is 36.6. The van der Waals surface area contributed by atoms with Crippen molar-refractivity contribution in [3.8, 4) is 0 Å². The van der Waals surface area contributed by atoms with Gasteiger partial charge in [0, 0.05) is 29.6 Å². The second kappa shape index (κ2) is 14.7. The average Bonchev–Trinajstić information content (AvgIpc) is 2.08. The summed E-state index contributed by atoms with van der Waals surface area (Å²) < 4.78 is 22.2. The molecule has 25 heavy (non-hydrogen) atoms. The minimum Gasteiger partial charge on any atom is 0 e. The fourth-order valence-corrected chi connectivity index (χ4v) is 1.96. The predicted octanol–water partition coefficient (Wildman–Crippen LogP) is -4.05. The molecular formula is C6H18Fe2NaO14P2. The first-order valence-electron chi connectivity index (χ1n) is 4.70. The first-order valence-corrected chi connectivity index (χ1v) is 7.76. The van der Waals surface area contributed by atoms with Gasteiger partial charge in [0.15, 0.2) is 5.60 Å². The molecule has 0 aliphatic heterocycles. The third-order valence-electron chi connectivity index (χ3n) is 1.50. The zero-order valence-corrected chi connectivity index (χ0v) is 18.8. The number of phosphoric acid groups is 2. The number of carboxylic acid groups (broad SMARTS) is 3. The van der Waals surface area contributed by atoms with Crippen LogP contribution >= 0.6 is 15.6 Å². The Hall–Kier alpha value is 0.669. The van der Waals surface area contributed by atoms with Gasteiger partial charge in [-0.1, -0.05) is 0 Å². The Labute approximate surface area is 182 Å². The van der Waals surface area contributed by atoms with E-state index in [1.807, 2.05) is 0 Å². The molecule has 0 rings (SSSR count). The van der Waals surface area contributed by atoms with Crippen LogP contribution in [0.5, 0.6) is 0 Å². The number of rotatable bonds is 7. The molecule has 0 aliphatic carbocycles. The van der Waals surface area contributed by atoms with Crippen LogP contribution in [-0.2, 0) is 62.0 Å². The molecule has 0 aromatic carbocycles. The van der Waals surface area contributed by atoms with Gasteiger partial charge in [-0.15, -0.1) is 0 Å². The second-order valence-electron chi connectivity index (χ2n) is 3.54.